The number of hydrogen-bond donors (Lipinski definition) is 5. The number of hydrogen-bond acceptors (Lipinski definition) is 9. The third-order valence-corrected chi connectivity index (χ3v) is 3.89. The summed E-state index contributed by atoms with van der Waals surface area (Å²) in [6.07, 6.45) is -6.95. The van der Waals surface area contributed by atoms with Crippen molar-refractivity contribution in [3.05, 3.63) is 15.4 Å². The van der Waals surface area contributed by atoms with E-state index in [1.165, 1.54) is 14.2 Å². The Kier molecular flexibility index (Phi) is 5.45. The van der Waals surface area contributed by atoms with Crippen molar-refractivity contribution in [3.63, 3.8) is 0 Å². The largest absolute Gasteiger partial charge is 0.468 e. The zero-order valence-corrected chi connectivity index (χ0v) is 13.1. The summed E-state index contributed by atoms with van der Waals surface area (Å²) in [5.41, 5.74) is -0.592. The van der Waals surface area contributed by atoms with E-state index >= 15 is 0 Å². The second-order valence-electron chi connectivity index (χ2n) is 5.02. The van der Waals surface area contributed by atoms with Crippen LogP contribution >= 0.6 is 11.6 Å². The zero-order valence-electron chi connectivity index (χ0n) is 12.4. The third kappa shape index (κ3) is 3.27. The van der Waals surface area contributed by atoms with Gasteiger partial charge in [-0.25, -0.2) is 0 Å². The maximum atomic E-state index is 12.0. The highest BCUT2D eigenvalue weighted by Crippen LogP contribution is 2.25. The highest BCUT2D eigenvalue weighted by Gasteiger charge is 2.43. The predicted octanol–water partition coefficient (Wildman–Crippen LogP) is -2.35. The van der Waals surface area contributed by atoms with Gasteiger partial charge in [0.2, 0.25) is 0 Å². The van der Waals surface area contributed by atoms with Crippen LogP contribution in [0.3, 0.4) is 0 Å². The first-order valence-corrected chi connectivity index (χ1v) is 7.07. The summed E-state index contributed by atoms with van der Waals surface area (Å²) in [6, 6.07) is -0.0357. The first-order valence-electron chi connectivity index (χ1n) is 6.69. The van der Waals surface area contributed by atoms with Crippen LogP contribution in [0.1, 0.15) is 0 Å². The molecule has 1 aromatic heterocycles. The molecule has 5 atom stereocenters. The van der Waals surface area contributed by atoms with Gasteiger partial charge in [-0.3, -0.25) is 9.36 Å². The second-order valence-corrected chi connectivity index (χ2v) is 5.40. The molecule has 2 rings (SSSR count). The molecular formula is C12H18ClN3O7. The van der Waals surface area contributed by atoms with E-state index in [0.717, 1.165) is 4.57 Å². The van der Waals surface area contributed by atoms with Crippen LogP contribution in [0.2, 0.25) is 5.02 Å². The van der Waals surface area contributed by atoms with E-state index in [4.69, 9.17) is 26.2 Å². The monoisotopic (exact) mass is 351 g/mol. The number of anilines is 1. The summed E-state index contributed by atoms with van der Waals surface area (Å²) in [5, 5.41) is 40.9. The molecule has 130 valence electrons. The van der Waals surface area contributed by atoms with Crippen LogP contribution in [0.4, 0.5) is 5.82 Å². The van der Waals surface area contributed by atoms with Crippen LogP contribution in [-0.4, -0.2) is 74.3 Å². The van der Waals surface area contributed by atoms with Gasteiger partial charge in [-0.1, -0.05) is 11.6 Å². The van der Waals surface area contributed by atoms with E-state index in [2.05, 4.69) is 10.3 Å². The lowest BCUT2D eigenvalue weighted by atomic mass is 9.98. The molecule has 0 aromatic carbocycles. The summed E-state index contributed by atoms with van der Waals surface area (Å²) in [6.45, 7) is -0.579. The Labute approximate surface area is 135 Å². The van der Waals surface area contributed by atoms with Gasteiger partial charge in [0.05, 0.1) is 13.7 Å². The van der Waals surface area contributed by atoms with Crippen LogP contribution in [-0.2, 0) is 11.8 Å². The summed E-state index contributed by atoms with van der Waals surface area (Å²) in [5.74, 6) is -0.129. The van der Waals surface area contributed by atoms with Crippen molar-refractivity contribution in [2.45, 2.75) is 30.6 Å². The quantitative estimate of drug-likeness (QED) is 0.402. The number of aliphatic hydroxyl groups is 4. The molecule has 23 heavy (non-hydrogen) atoms. The van der Waals surface area contributed by atoms with E-state index in [9.17, 15) is 20.1 Å². The zero-order chi connectivity index (χ0) is 17.3. The maximum Gasteiger partial charge on any atom is 0.300 e. The Balaban J connectivity index is 2.31. The fraction of sp³-hybridized carbons (Fsp3) is 0.667. The van der Waals surface area contributed by atoms with Crippen LogP contribution in [0.5, 0.6) is 6.01 Å². The van der Waals surface area contributed by atoms with Gasteiger partial charge < -0.3 is 35.2 Å². The minimum Gasteiger partial charge on any atom is -0.468 e. The summed E-state index contributed by atoms with van der Waals surface area (Å²) < 4.78 is 11.3. The Morgan fingerprint density at radius 2 is 2.00 bits per heavy atom. The van der Waals surface area contributed by atoms with Gasteiger partial charge in [0.15, 0.2) is 12.0 Å². The lowest BCUT2D eigenvalue weighted by Crippen LogP contribution is -2.60. The van der Waals surface area contributed by atoms with Crippen LogP contribution < -0.4 is 15.6 Å². The second kappa shape index (κ2) is 6.99. The highest BCUT2D eigenvalue weighted by molar-refractivity contribution is 6.32. The normalized spacial score (nSPS) is 31.0. The SMILES string of the molecule is COc1nc(N[C@@H]2O[C@@H](CO)[C@@H](O)[C@@H](O)[C@@H]2O)c(Cl)c(=O)n1C. The number of ether oxygens (including phenoxy) is 2. The van der Waals surface area contributed by atoms with Crippen molar-refractivity contribution in [3.8, 4) is 6.01 Å². The average Bonchev–Trinajstić information content (AvgIpc) is 2.55. The van der Waals surface area contributed by atoms with Gasteiger partial charge in [-0.05, 0) is 0 Å². The fourth-order valence-corrected chi connectivity index (χ4v) is 2.41. The third-order valence-electron chi connectivity index (χ3n) is 3.55. The number of rotatable bonds is 4. The molecule has 0 saturated carbocycles. The van der Waals surface area contributed by atoms with Crippen molar-refractivity contribution in [1.29, 1.82) is 0 Å². The van der Waals surface area contributed by atoms with E-state index < -0.39 is 42.8 Å². The molecule has 2 heterocycles. The molecule has 0 unspecified atom stereocenters. The first kappa shape index (κ1) is 17.9. The lowest BCUT2D eigenvalue weighted by molar-refractivity contribution is -0.221. The number of methoxy groups -OCH3 is 1. The molecule has 0 spiro atoms. The van der Waals surface area contributed by atoms with Crippen LogP contribution in [0.15, 0.2) is 4.79 Å². The van der Waals surface area contributed by atoms with Gasteiger partial charge in [0, 0.05) is 7.05 Å². The Morgan fingerprint density at radius 1 is 1.35 bits per heavy atom. The minimum absolute atomic E-state index is 0.0357. The first-order chi connectivity index (χ1) is 10.8. The number of halogens is 1. The smallest absolute Gasteiger partial charge is 0.300 e. The molecule has 1 saturated heterocycles. The van der Waals surface area contributed by atoms with E-state index in [1.54, 1.807) is 0 Å². The molecule has 1 aliphatic rings. The number of nitrogens with zero attached hydrogens (tertiary/aromatic N) is 2. The molecule has 1 fully saturated rings. The van der Waals surface area contributed by atoms with Crippen LogP contribution in [0.25, 0.3) is 0 Å². The lowest BCUT2D eigenvalue weighted by Gasteiger charge is -2.40. The summed E-state index contributed by atoms with van der Waals surface area (Å²) in [4.78, 5) is 15.9. The van der Waals surface area contributed by atoms with Crippen molar-refractivity contribution in [1.82, 2.24) is 9.55 Å². The Bertz CT molecular complexity index is 623. The van der Waals surface area contributed by atoms with Crippen LogP contribution in [0, 0.1) is 0 Å². The molecule has 1 aromatic rings. The molecule has 0 bridgehead atoms. The molecule has 0 aliphatic carbocycles. The maximum absolute atomic E-state index is 12.0. The van der Waals surface area contributed by atoms with Crippen molar-refractivity contribution in [2.75, 3.05) is 19.0 Å². The molecule has 0 amide bonds. The highest BCUT2D eigenvalue weighted by atomic mass is 35.5. The van der Waals surface area contributed by atoms with E-state index in [-0.39, 0.29) is 16.9 Å². The van der Waals surface area contributed by atoms with Gasteiger partial charge in [-0.2, -0.15) is 4.98 Å². The fourth-order valence-electron chi connectivity index (χ4n) is 2.19. The molecule has 11 heteroatoms. The average molecular weight is 352 g/mol. The van der Waals surface area contributed by atoms with Gasteiger partial charge in [0.25, 0.3) is 5.56 Å². The Morgan fingerprint density at radius 3 is 2.57 bits per heavy atom. The molecule has 0 radical (unpaired) electrons. The molecule has 10 nitrogen and oxygen atoms in total. The standard InChI is InChI=1S/C12H18ClN3O7/c1-16-11(21)5(13)9(15-12(16)22-2)14-10-8(20)7(19)6(18)4(3-17)23-10/h4,6-8,10,14,17-20H,3H2,1-2H3/t4-,6+,7+,8-,10+/m0/s1. The Hall–Kier alpha value is -1.43. The number of aliphatic hydroxyl groups excluding tert-OH is 4. The van der Waals surface area contributed by atoms with Gasteiger partial charge >= 0.3 is 6.01 Å². The van der Waals surface area contributed by atoms with Crippen molar-refractivity contribution >= 4 is 17.4 Å². The molecule has 5 N–H and O–H groups in total. The predicted molar refractivity (Wildman–Crippen MR) is 78.4 cm³/mol. The number of nitrogens with one attached hydrogen (secondary N) is 1. The summed E-state index contributed by atoms with van der Waals surface area (Å²) in [7, 11) is 2.73. The van der Waals surface area contributed by atoms with Gasteiger partial charge in [0.1, 0.15) is 29.4 Å². The molecule has 1 aliphatic heterocycles. The summed E-state index contributed by atoms with van der Waals surface area (Å²) >= 11 is 5.92. The van der Waals surface area contributed by atoms with E-state index in [0.29, 0.717) is 0 Å². The van der Waals surface area contributed by atoms with Crippen molar-refractivity contribution < 1.29 is 29.9 Å². The minimum atomic E-state index is -1.56. The van der Waals surface area contributed by atoms with E-state index in [1.807, 2.05) is 0 Å². The topological polar surface area (TPSA) is 146 Å². The van der Waals surface area contributed by atoms with Gasteiger partial charge in [-0.15, -0.1) is 0 Å². The number of aromatic nitrogens is 2. The molecular weight excluding hydrogens is 334 g/mol. The van der Waals surface area contributed by atoms with Crippen molar-refractivity contribution in [2.24, 2.45) is 7.05 Å².